The molecular formula is C16H8NO7S2-. The summed E-state index contributed by atoms with van der Waals surface area (Å²) in [6, 6.07) is 9.35. The third-order valence-corrected chi connectivity index (χ3v) is 5.83. The summed E-state index contributed by atoms with van der Waals surface area (Å²) in [4.78, 5) is 21.5. The number of sulfonamides is 1. The SMILES string of the molecule is O=C([O-])c1cccc(S(=O)(=O)Nc2ccc3oc4oc(=O)sc4c3c2)c1. The fourth-order valence-electron chi connectivity index (χ4n) is 2.46. The van der Waals surface area contributed by atoms with Crippen LogP contribution < -0.4 is 14.8 Å². The van der Waals surface area contributed by atoms with Crippen LogP contribution in [0.15, 0.2) is 61.0 Å². The Kier molecular flexibility index (Phi) is 3.60. The summed E-state index contributed by atoms with van der Waals surface area (Å²) in [5.74, 6) is -1.39. The molecule has 8 nitrogen and oxygen atoms in total. The first-order valence-electron chi connectivity index (χ1n) is 7.14. The third kappa shape index (κ3) is 2.74. The lowest BCUT2D eigenvalue weighted by Gasteiger charge is -2.10. The first-order valence-corrected chi connectivity index (χ1v) is 9.44. The van der Waals surface area contributed by atoms with Crippen LogP contribution in [0.25, 0.3) is 21.4 Å². The fourth-order valence-corrected chi connectivity index (χ4v) is 4.28. The number of benzene rings is 2. The van der Waals surface area contributed by atoms with E-state index in [1.54, 1.807) is 0 Å². The highest BCUT2D eigenvalue weighted by Crippen LogP contribution is 2.33. The maximum Gasteiger partial charge on any atom is 0.398 e. The molecule has 1 N–H and O–H groups in total. The molecule has 4 aromatic rings. The number of hydrogen-bond donors (Lipinski definition) is 1. The number of rotatable bonds is 4. The van der Waals surface area contributed by atoms with Gasteiger partial charge in [0.05, 0.1) is 10.9 Å². The molecule has 2 heterocycles. The number of carboxylic acids is 1. The quantitative estimate of drug-likeness (QED) is 0.562. The molecule has 2 aromatic heterocycles. The van der Waals surface area contributed by atoms with Crippen LogP contribution in [-0.4, -0.2) is 14.4 Å². The van der Waals surface area contributed by atoms with E-state index in [4.69, 9.17) is 8.83 Å². The number of nitrogens with one attached hydrogen (secondary N) is 1. The Morgan fingerprint density at radius 1 is 1.12 bits per heavy atom. The zero-order chi connectivity index (χ0) is 18.5. The molecule has 0 amide bonds. The third-order valence-electron chi connectivity index (χ3n) is 3.61. The number of carbonyl (C=O) groups excluding carboxylic acids is 1. The van der Waals surface area contributed by atoms with Crippen molar-refractivity contribution < 1.29 is 27.2 Å². The highest BCUT2D eigenvalue weighted by Gasteiger charge is 2.17. The normalized spacial score (nSPS) is 11.8. The van der Waals surface area contributed by atoms with Crippen molar-refractivity contribution in [1.82, 2.24) is 0 Å². The number of hydrogen-bond acceptors (Lipinski definition) is 8. The molecule has 0 saturated heterocycles. The molecule has 0 unspecified atom stereocenters. The van der Waals surface area contributed by atoms with Gasteiger partial charge in [0.1, 0.15) is 10.3 Å². The Bertz CT molecular complexity index is 1330. The van der Waals surface area contributed by atoms with Crippen molar-refractivity contribution in [3.05, 3.63) is 57.8 Å². The average molecular weight is 390 g/mol. The lowest BCUT2D eigenvalue weighted by Crippen LogP contribution is -2.23. The van der Waals surface area contributed by atoms with Gasteiger partial charge in [0.15, 0.2) is 0 Å². The Hall–Kier alpha value is -3.11. The van der Waals surface area contributed by atoms with Crippen LogP contribution >= 0.6 is 11.3 Å². The van der Waals surface area contributed by atoms with Crippen LogP contribution in [0, 0.1) is 0 Å². The highest BCUT2D eigenvalue weighted by atomic mass is 32.2. The minimum atomic E-state index is -4.02. The zero-order valence-corrected chi connectivity index (χ0v) is 14.3. The lowest BCUT2D eigenvalue weighted by atomic mass is 10.2. The summed E-state index contributed by atoms with van der Waals surface area (Å²) in [6.45, 7) is 0. The summed E-state index contributed by atoms with van der Waals surface area (Å²) in [5.41, 5.74) is 0.417. The molecule has 0 bridgehead atoms. The molecule has 132 valence electrons. The van der Waals surface area contributed by atoms with Crippen LogP contribution in [0.2, 0.25) is 0 Å². The largest absolute Gasteiger partial charge is 0.545 e. The van der Waals surface area contributed by atoms with Gasteiger partial charge in [-0.25, -0.2) is 13.2 Å². The Morgan fingerprint density at radius 3 is 2.69 bits per heavy atom. The topological polar surface area (TPSA) is 130 Å². The van der Waals surface area contributed by atoms with Gasteiger partial charge >= 0.3 is 10.7 Å². The summed E-state index contributed by atoms with van der Waals surface area (Å²) in [7, 11) is -4.02. The van der Waals surface area contributed by atoms with Crippen molar-refractivity contribution in [2.45, 2.75) is 4.90 Å². The van der Waals surface area contributed by atoms with Crippen LogP contribution in [-0.2, 0) is 10.0 Å². The first kappa shape index (κ1) is 16.4. The van der Waals surface area contributed by atoms with Crippen LogP contribution in [0.1, 0.15) is 10.4 Å². The Morgan fingerprint density at radius 2 is 1.92 bits per heavy atom. The van der Waals surface area contributed by atoms with Crippen LogP contribution in [0.5, 0.6) is 0 Å². The molecule has 0 fully saturated rings. The maximum absolute atomic E-state index is 12.5. The molecule has 0 aliphatic rings. The zero-order valence-electron chi connectivity index (χ0n) is 12.7. The summed E-state index contributed by atoms with van der Waals surface area (Å²) in [5, 5.41) is 11.4. The molecule has 0 aliphatic heterocycles. The van der Waals surface area contributed by atoms with Gasteiger partial charge < -0.3 is 18.7 Å². The maximum atomic E-state index is 12.5. The summed E-state index contributed by atoms with van der Waals surface area (Å²) in [6.07, 6.45) is 0. The van der Waals surface area contributed by atoms with E-state index in [1.165, 1.54) is 36.4 Å². The van der Waals surface area contributed by atoms with Crippen LogP contribution in [0.4, 0.5) is 5.69 Å². The highest BCUT2D eigenvalue weighted by molar-refractivity contribution is 7.92. The molecule has 0 radical (unpaired) electrons. The van der Waals surface area contributed by atoms with Gasteiger partial charge in [0.25, 0.3) is 10.0 Å². The van der Waals surface area contributed by atoms with E-state index >= 15 is 0 Å². The molecule has 0 saturated carbocycles. The van der Waals surface area contributed by atoms with Crippen molar-refractivity contribution in [3.63, 3.8) is 0 Å². The molecular weight excluding hydrogens is 382 g/mol. The molecule has 2 aromatic carbocycles. The van der Waals surface area contributed by atoms with Gasteiger partial charge in [-0.05, 0) is 47.2 Å². The number of carboxylic acid groups (broad SMARTS) is 1. The van der Waals surface area contributed by atoms with Crippen molar-refractivity contribution >= 4 is 54.5 Å². The molecule has 0 spiro atoms. The second kappa shape index (κ2) is 5.71. The monoisotopic (exact) mass is 390 g/mol. The number of carbonyl (C=O) groups is 1. The Labute approximate surface area is 149 Å². The van der Waals surface area contributed by atoms with Gasteiger partial charge in [0, 0.05) is 11.1 Å². The minimum Gasteiger partial charge on any atom is -0.545 e. The summed E-state index contributed by atoms with van der Waals surface area (Å²) >= 11 is 0.851. The van der Waals surface area contributed by atoms with Crippen molar-refractivity contribution in [1.29, 1.82) is 0 Å². The number of anilines is 1. The predicted molar refractivity (Wildman–Crippen MR) is 91.7 cm³/mol. The molecule has 4 rings (SSSR count). The standard InChI is InChI=1S/C16H9NO7S2/c18-14(19)8-2-1-3-10(6-8)26(21,22)17-9-4-5-12-11(7-9)13-15(23-12)24-16(20)25-13/h1-7,17H,(H,18,19)/p-1. The average Bonchev–Trinajstić information content (AvgIpc) is 3.11. The number of furan rings is 1. The van der Waals surface area contributed by atoms with E-state index in [0.717, 1.165) is 17.4 Å². The second-order valence-electron chi connectivity index (χ2n) is 5.30. The van der Waals surface area contributed by atoms with Gasteiger partial charge in [-0.1, -0.05) is 12.1 Å². The smallest absolute Gasteiger partial charge is 0.398 e. The van der Waals surface area contributed by atoms with E-state index in [-0.39, 0.29) is 21.9 Å². The van der Waals surface area contributed by atoms with E-state index in [2.05, 4.69) is 4.72 Å². The molecule has 0 atom stereocenters. The van der Waals surface area contributed by atoms with Gasteiger partial charge in [-0.15, -0.1) is 0 Å². The molecule has 0 aliphatic carbocycles. The second-order valence-corrected chi connectivity index (χ2v) is 7.93. The minimum absolute atomic E-state index is 0.0802. The molecule has 26 heavy (non-hydrogen) atoms. The lowest BCUT2D eigenvalue weighted by molar-refractivity contribution is -0.255. The molecule has 10 heteroatoms. The first-order chi connectivity index (χ1) is 12.3. The van der Waals surface area contributed by atoms with E-state index < -0.39 is 20.9 Å². The number of fused-ring (bicyclic) bond motifs is 3. The van der Waals surface area contributed by atoms with E-state index in [9.17, 15) is 23.1 Å². The van der Waals surface area contributed by atoms with Crippen molar-refractivity contribution in [3.8, 4) is 0 Å². The van der Waals surface area contributed by atoms with Crippen molar-refractivity contribution in [2.75, 3.05) is 4.72 Å². The van der Waals surface area contributed by atoms with Gasteiger partial charge in [0.2, 0.25) is 0 Å². The predicted octanol–water partition coefficient (Wildman–Crippen LogP) is 1.76. The fraction of sp³-hybridized carbons (Fsp3) is 0. The van der Waals surface area contributed by atoms with Crippen LogP contribution in [0.3, 0.4) is 0 Å². The van der Waals surface area contributed by atoms with Gasteiger partial charge in [-0.3, -0.25) is 4.72 Å². The van der Waals surface area contributed by atoms with Gasteiger partial charge in [-0.2, -0.15) is 0 Å². The number of aromatic carboxylic acids is 1. The van der Waals surface area contributed by atoms with E-state index in [1.807, 2.05) is 0 Å². The van der Waals surface area contributed by atoms with Crippen molar-refractivity contribution in [2.24, 2.45) is 0 Å². The summed E-state index contributed by atoms with van der Waals surface area (Å²) < 4.78 is 38.1. The van der Waals surface area contributed by atoms with E-state index in [0.29, 0.717) is 15.7 Å². The Balaban J connectivity index is 1.75.